The van der Waals surface area contributed by atoms with E-state index in [0.29, 0.717) is 6.54 Å². The maximum absolute atomic E-state index is 11.6. The zero-order chi connectivity index (χ0) is 11.8. The molecule has 0 radical (unpaired) electrons. The van der Waals surface area contributed by atoms with E-state index in [1.165, 1.54) is 4.90 Å². The number of amides is 2. The second-order valence-corrected chi connectivity index (χ2v) is 3.63. The second-order valence-electron chi connectivity index (χ2n) is 3.63. The molecular formula is C10H22ClN3O2. The van der Waals surface area contributed by atoms with Gasteiger partial charge in [0.1, 0.15) is 0 Å². The number of carbonyl (C=O) groups excluding carboxylic acids is 2. The average Bonchev–Trinajstić information content (AvgIpc) is 2.17. The van der Waals surface area contributed by atoms with E-state index in [2.05, 4.69) is 5.32 Å². The van der Waals surface area contributed by atoms with Gasteiger partial charge in [-0.15, -0.1) is 12.4 Å². The Morgan fingerprint density at radius 2 is 1.75 bits per heavy atom. The molecule has 0 aliphatic rings. The number of nitrogens with zero attached hydrogens (tertiary/aromatic N) is 2. The minimum Gasteiger partial charge on any atom is -0.347 e. The van der Waals surface area contributed by atoms with Crippen LogP contribution in [-0.4, -0.2) is 62.4 Å². The fourth-order valence-corrected chi connectivity index (χ4v) is 1.13. The largest absolute Gasteiger partial charge is 0.347 e. The Bertz CT molecular complexity index is 222. The van der Waals surface area contributed by atoms with Crippen molar-refractivity contribution in [2.75, 3.05) is 40.8 Å². The van der Waals surface area contributed by atoms with Gasteiger partial charge < -0.3 is 15.1 Å². The van der Waals surface area contributed by atoms with Gasteiger partial charge in [-0.1, -0.05) is 6.92 Å². The van der Waals surface area contributed by atoms with Crippen LogP contribution in [0.25, 0.3) is 0 Å². The van der Waals surface area contributed by atoms with Crippen LogP contribution in [0.4, 0.5) is 0 Å². The van der Waals surface area contributed by atoms with Crippen LogP contribution in [0.5, 0.6) is 0 Å². The predicted octanol–water partition coefficient (Wildman–Crippen LogP) is -0.0456. The lowest BCUT2D eigenvalue weighted by atomic mass is 10.3. The van der Waals surface area contributed by atoms with Gasteiger partial charge >= 0.3 is 0 Å². The van der Waals surface area contributed by atoms with E-state index >= 15 is 0 Å². The van der Waals surface area contributed by atoms with Crippen molar-refractivity contribution in [1.82, 2.24) is 15.1 Å². The molecule has 2 amide bonds. The van der Waals surface area contributed by atoms with Crippen molar-refractivity contribution in [1.29, 1.82) is 0 Å². The summed E-state index contributed by atoms with van der Waals surface area (Å²) in [6, 6.07) is 0. The molecule has 96 valence electrons. The third-order valence-electron chi connectivity index (χ3n) is 2.00. The van der Waals surface area contributed by atoms with Crippen molar-refractivity contribution in [3.63, 3.8) is 0 Å². The number of carbonyl (C=O) groups is 2. The van der Waals surface area contributed by atoms with Crippen molar-refractivity contribution in [2.45, 2.75) is 13.3 Å². The van der Waals surface area contributed by atoms with E-state index in [-0.39, 0.29) is 37.3 Å². The highest BCUT2D eigenvalue weighted by atomic mass is 35.5. The molecule has 0 saturated carbocycles. The molecule has 0 fully saturated rings. The molecule has 5 nitrogen and oxygen atoms in total. The molecule has 0 rings (SSSR count). The Kier molecular flexibility index (Phi) is 10.3. The van der Waals surface area contributed by atoms with Crippen molar-refractivity contribution in [3.05, 3.63) is 0 Å². The summed E-state index contributed by atoms with van der Waals surface area (Å²) in [5.74, 6) is -0.0811. The SMILES string of the molecule is CCCN(CC(=O)N(C)C)C(=O)CNC.Cl. The van der Waals surface area contributed by atoms with Crippen LogP contribution in [0.1, 0.15) is 13.3 Å². The highest BCUT2D eigenvalue weighted by Gasteiger charge is 2.16. The lowest BCUT2D eigenvalue weighted by Gasteiger charge is -2.23. The molecule has 0 spiro atoms. The van der Waals surface area contributed by atoms with Gasteiger partial charge in [0.05, 0.1) is 13.1 Å². The molecule has 16 heavy (non-hydrogen) atoms. The number of hydrogen-bond acceptors (Lipinski definition) is 3. The number of hydrogen-bond donors (Lipinski definition) is 1. The van der Waals surface area contributed by atoms with Gasteiger partial charge in [0.2, 0.25) is 11.8 Å². The summed E-state index contributed by atoms with van der Waals surface area (Å²) in [5, 5.41) is 2.79. The lowest BCUT2D eigenvalue weighted by Crippen LogP contribution is -2.43. The molecule has 0 aliphatic heterocycles. The van der Waals surface area contributed by atoms with Crippen molar-refractivity contribution >= 4 is 24.2 Å². The predicted molar refractivity (Wildman–Crippen MR) is 66.7 cm³/mol. The summed E-state index contributed by atoms with van der Waals surface area (Å²) >= 11 is 0. The van der Waals surface area contributed by atoms with Crippen molar-refractivity contribution < 1.29 is 9.59 Å². The molecule has 0 aromatic rings. The van der Waals surface area contributed by atoms with Gasteiger partial charge in [-0.3, -0.25) is 9.59 Å². The number of halogens is 1. The fraction of sp³-hybridized carbons (Fsp3) is 0.800. The molecule has 0 unspecified atom stereocenters. The quantitative estimate of drug-likeness (QED) is 0.721. The van der Waals surface area contributed by atoms with Gasteiger partial charge in [0.15, 0.2) is 0 Å². The highest BCUT2D eigenvalue weighted by molar-refractivity contribution is 5.85. The van der Waals surface area contributed by atoms with Crippen LogP contribution in [-0.2, 0) is 9.59 Å². The molecule has 0 aliphatic carbocycles. The molecule has 0 heterocycles. The molecular weight excluding hydrogens is 230 g/mol. The first kappa shape index (κ1) is 17.6. The van der Waals surface area contributed by atoms with Crippen LogP contribution in [0.2, 0.25) is 0 Å². The van der Waals surface area contributed by atoms with Crippen LogP contribution in [0.3, 0.4) is 0 Å². The Hall–Kier alpha value is -0.810. The van der Waals surface area contributed by atoms with Crippen LogP contribution in [0.15, 0.2) is 0 Å². The van der Waals surface area contributed by atoms with Gasteiger partial charge in [-0.25, -0.2) is 0 Å². The molecule has 0 saturated heterocycles. The van der Waals surface area contributed by atoms with Gasteiger partial charge in [-0.05, 0) is 13.5 Å². The fourth-order valence-electron chi connectivity index (χ4n) is 1.13. The average molecular weight is 252 g/mol. The summed E-state index contributed by atoms with van der Waals surface area (Å²) in [7, 11) is 5.10. The van der Waals surface area contributed by atoms with Gasteiger partial charge in [0.25, 0.3) is 0 Å². The first-order valence-electron chi connectivity index (χ1n) is 5.15. The summed E-state index contributed by atoms with van der Waals surface area (Å²) in [4.78, 5) is 26.1. The number of nitrogens with one attached hydrogen (secondary N) is 1. The van der Waals surface area contributed by atoms with Crippen LogP contribution in [0, 0.1) is 0 Å². The summed E-state index contributed by atoms with van der Waals surface area (Å²) in [6.07, 6.45) is 0.857. The zero-order valence-corrected chi connectivity index (χ0v) is 11.3. The third kappa shape index (κ3) is 6.63. The van der Waals surface area contributed by atoms with E-state index in [9.17, 15) is 9.59 Å². The lowest BCUT2D eigenvalue weighted by molar-refractivity contribution is -0.138. The molecule has 0 aromatic heterocycles. The van der Waals surface area contributed by atoms with Gasteiger partial charge in [0, 0.05) is 20.6 Å². The van der Waals surface area contributed by atoms with Crippen LogP contribution >= 0.6 is 12.4 Å². The Morgan fingerprint density at radius 3 is 2.12 bits per heavy atom. The Morgan fingerprint density at radius 1 is 1.19 bits per heavy atom. The molecule has 6 heteroatoms. The number of likely N-dealkylation sites (N-methyl/N-ethyl adjacent to an activating group) is 2. The Labute approximate surface area is 104 Å². The van der Waals surface area contributed by atoms with Crippen molar-refractivity contribution in [2.24, 2.45) is 0 Å². The van der Waals surface area contributed by atoms with E-state index in [0.717, 1.165) is 6.42 Å². The first-order chi connectivity index (χ1) is 7.02. The molecule has 0 atom stereocenters. The summed E-state index contributed by atoms with van der Waals surface area (Å²) in [5.41, 5.74) is 0. The topological polar surface area (TPSA) is 52.7 Å². The highest BCUT2D eigenvalue weighted by Crippen LogP contribution is 1.94. The van der Waals surface area contributed by atoms with Crippen molar-refractivity contribution in [3.8, 4) is 0 Å². The standard InChI is InChI=1S/C10H21N3O2.ClH/c1-5-6-13(9(14)7-11-2)8-10(15)12(3)4;/h11H,5-8H2,1-4H3;1H. The molecule has 0 aromatic carbocycles. The smallest absolute Gasteiger partial charge is 0.241 e. The van der Waals surface area contributed by atoms with Gasteiger partial charge in [-0.2, -0.15) is 0 Å². The minimum atomic E-state index is -0.0482. The second kappa shape index (κ2) is 9.42. The number of rotatable bonds is 6. The minimum absolute atomic E-state index is 0. The van der Waals surface area contributed by atoms with E-state index in [1.54, 1.807) is 26.0 Å². The normalized spacial score (nSPS) is 9.25. The summed E-state index contributed by atoms with van der Waals surface area (Å²) in [6.45, 7) is 3.06. The van der Waals surface area contributed by atoms with E-state index in [1.807, 2.05) is 6.92 Å². The maximum atomic E-state index is 11.6. The zero-order valence-electron chi connectivity index (χ0n) is 10.4. The third-order valence-corrected chi connectivity index (χ3v) is 2.00. The van der Waals surface area contributed by atoms with Crippen LogP contribution < -0.4 is 5.32 Å². The summed E-state index contributed by atoms with van der Waals surface area (Å²) < 4.78 is 0. The first-order valence-corrected chi connectivity index (χ1v) is 5.15. The molecule has 0 bridgehead atoms. The molecule has 1 N–H and O–H groups in total. The maximum Gasteiger partial charge on any atom is 0.241 e. The van der Waals surface area contributed by atoms with E-state index in [4.69, 9.17) is 0 Å². The monoisotopic (exact) mass is 251 g/mol. The Balaban J connectivity index is 0. The van der Waals surface area contributed by atoms with E-state index < -0.39 is 0 Å².